The zero-order chi connectivity index (χ0) is 93.5. The van der Waals surface area contributed by atoms with E-state index < -0.39 is 0 Å². The maximum absolute atomic E-state index is 4.96. The molecule has 11 heterocycles. The lowest BCUT2D eigenvalue weighted by molar-refractivity contribution is 1.07. The van der Waals surface area contributed by atoms with Crippen LogP contribution in [0.3, 0.4) is 0 Å². The van der Waals surface area contributed by atoms with Crippen LogP contribution < -0.4 is 0 Å². The first-order chi connectivity index (χ1) is 69.8. The van der Waals surface area contributed by atoms with Gasteiger partial charge in [0.2, 0.25) is 0 Å². The van der Waals surface area contributed by atoms with Gasteiger partial charge < -0.3 is 0 Å². The Morgan fingerprint density at radius 3 is 0.872 bits per heavy atom. The molecule has 17 nitrogen and oxygen atoms in total. The van der Waals surface area contributed by atoms with E-state index in [1.807, 2.05) is 194 Å². The van der Waals surface area contributed by atoms with Crippen molar-refractivity contribution in [2.24, 2.45) is 0 Å². The minimum Gasteiger partial charge on any atom is -0.253 e. The molecule has 27 rings (SSSR count). The molecule has 0 saturated heterocycles. The predicted molar refractivity (Wildman–Crippen MR) is 575 cm³/mol. The highest BCUT2D eigenvalue weighted by molar-refractivity contribution is 7.26. The molecule has 0 unspecified atom stereocenters. The molecule has 0 spiro atoms. The van der Waals surface area contributed by atoms with Crippen molar-refractivity contribution in [3.63, 3.8) is 0 Å². The Morgan fingerprint density at radius 1 is 0.163 bits per heavy atom. The molecule has 660 valence electrons. The van der Waals surface area contributed by atoms with Crippen molar-refractivity contribution < 1.29 is 0 Å². The van der Waals surface area contributed by atoms with Gasteiger partial charge in [0.1, 0.15) is 37.4 Å². The number of pyridine rings is 2. The predicted octanol–water partition coefficient (Wildman–Crippen LogP) is 30.3. The fraction of sp³-hybridized carbons (Fsp3) is 0. The Hall–Kier alpha value is -18.5. The lowest BCUT2D eigenvalue weighted by Gasteiger charge is -2.10. The highest BCUT2D eigenvalue weighted by Crippen LogP contribution is 2.44. The van der Waals surface area contributed by atoms with Crippen molar-refractivity contribution in [3.8, 4) is 169 Å². The van der Waals surface area contributed by atoms with Gasteiger partial charge in [0.05, 0.1) is 48.2 Å². The molecule has 141 heavy (non-hydrogen) atoms. The zero-order valence-electron chi connectivity index (χ0n) is 75.0. The first-order valence-electron chi connectivity index (χ1n) is 46.0. The van der Waals surface area contributed by atoms with Gasteiger partial charge in [0, 0.05) is 88.3 Å². The Bertz CT molecular complexity index is 9000. The van der Waals surface area contributed by atoms with Crippen LogP contribution in [-0.2, 0) is 0 Å². The molecule has 20 heteroatoms. The van der Waals surface area contributed by atoms with E-state index in [2.05, 4.69) is 248 Å². The third-order valence-corrected chi connectivity index (χ3v) is 28.1. The number of thiophene rings is 3. The van der Waals surface area contributed by atoms with E-state index >= 15 is 0 Å². The van der Waals surface area contributed by atoms with Crippen molar-refractivity contribution in [1.29, 1.82) is 0 Å². The molecule has 0 saturated carbocycles. The largest absolute Gasteiger partial charge is 0.253 e. The minimum atomic E-state index is 0.609. The molecule has 11 aromatic heterocycles. The van der Waals surface area contributed by atoms with E-state index in [1.165, 1.54) is 21.4 Å². The van der Waals surface area contributed by atoms with Crippen molar-refractivity contribution in [3.05, 3.63) is 443 Å². The smallest absolute Gasteiger partial charge is 0.164 e. The zero-order valence-corrected chi connectivity index (χ0v) is 77.4. The van der Waals surface area contributed by atoms with Gasteiger partial charge in [-0.15, -0.1) is 34.0 Å². The van der Waals surface area contributed by atoms with Crippen molar-refractivity contribution >= 4 is 128 Å². The van der Waals surface area contributed by atoms with Crippen molar-refractivity contribution in [2.45, 2.75) is 0 Å². The number of hydrogen-bond donors (Lipinski definition) is 0. The second kappa shape index (κ2) is 37.0. The van der Waals surface area contributed by atoms with Crippen LogP contribution in [0.1, 0.15) is 0 Å². The highest BCUT2D eigenvalue weighted by Gasteiger charge is 2.23. The first kappa shape index (κ1) is 84.3. The molecule has 0 N–H and O–H groups in total. The summed E-state index contributed by atoms with van der Waals surface area (Å²) in [6.45, 7) is 0. The van der Waals surface area contributed by atoms with Gasteiger partial charge in [-0.25, -0.2) is 79.7 Å². The number of benzene rings is 16. The monoisotopic (exact) mass is 1860 g/mol. The Morgan fingerprint density at radius 2 is 0.461 bits per heavy atom. The number of para-hydroxylation sites is 5. The summed E-state index contributed by atoms with van der Waals surface area (Å²) >= 11 is 4.94. The van der Waals surface area contributed by atoms with Crippen LogP contribution in [0.25, 0.3) is 264 Å². The van der Waals surface area contributed by atoms with Gasteiger partial charge in [-0.05, 0) is 98.6 Å². The summed E-state index contributed by atoms with van der Waals surface area (Å²) in [6.07, 6.45) is 3.49. The molecule has 0 amide bonds. The molecular formula is C121H73N17S3. The first-order valence-corrected chi connectivity index (χ1v) is 48.4. The second-order valence-electron chi connectivity index (χ2n) is 33.8. The number of fused-ring (bicyclic) bond motifs is 12. The van der Waals surface area contributed by atoms with E-state index in [1.54, 1.807) is 40.3 Å². The van der Waals surface area contributed by atoms with Crippen LogP contribution in [-0.4, -0.2) is 84.7 Å². The lowest BCUT2D eigenvalue weighted by atomic mass is 10.0. The van der Waals surface area contributed by atoms with E-state index in [-0.39, 0.29) is 0 Å². The molecule has 16 aromatic carbocycles. The van der Waals surface area contributed by atoms with Crippen molar-refractivity contribution in [2.75, 3.05) is 0 Å². The summed E-state index contributed by atoms with van der Waals surface area (Å²) in [5.41, 5.74) is 29.8. The molecule has 0 aliphatic heterocycles. The molecule has 0 aliphatic rings. The fourth-order valence-electron chi connectivity index (χ4n) is 17.6. The summed E-state index contributed by atoms with van der Waals surface area (Å²) in [5, 5.41) is 3.28. The summed E-state index contributed by atoms with van der Waals surface area (Å²) in [6, 6.07) is 146. The molecule has 0 aliphatic carbocycles. The van der Waals surface area contributed by atoms with Gasteiger partial charge in [-0.2, -0.15) is 0 Å². The van der Waals surface area contributed by atoms with Crippen LogP contribution in [0.15, 0.2) is 443 Å². The van der Waals surface area contributed by atoms with Crippen LogP contribution in [0.5, 0.6) is 0 Å². The molecule has 0 atom stereocenters. The van der Waals surface area contributed by atoms with Gasteiger partial charge in [0.25, 0.3) is 0 Å². The van der Waals surface area contributed by atoms with Gasteiger partial charge in [-0.1, -0.05) is 382 Å². The maximum Gasteiger partial charge on any atom is 0.164 e. The second-order valence-corrected chi connectivity index (χ2v) is 36.8. The van der Waals surface area contributed by atoms with Crippen LogP contribution >= 0.6 is 34.0 Å². The minimum absolute atomic E-state index is 0.609. The van der Waals surface area contributed by atoms with Gasteiger partial charge >= 0.3 is 0 Å². The number of hydrogen-bond acceptors (Lipinski definition) is 20. The summed E-state index contributed by atoms with van der Waals surface area (Å²) in [7, 11) is 0. The van der Waals surface area contributed by atoms with Crippen LogP contribution in [0.4, 0.5) is 0 Å². The molecule has 27 aromatic rings. The quantitative estimate of drug-likeness (QED) is 0.0931. The highest BCUT2D eigenvalue weighted by atomic mass is 32.1. The fourth-order valence-corrected chi connectivity index (χ4v) is 21.0. The molecule has 0 bridgehead atoms. The number of nitrogens with zero attached hydrogens (tertiary/aromatic N) is 17. The topological polar surface area (TPSA) is 219 Å². The average molecular weight is 1860 g/mol. The van der Waals surface area contributed by atoms with E-state index in [9.17, 15) is 0 Å². The molecular weight excluding hydrogens is 1790 g/mol. The van der Waals surface area contributed by atoms with E-state index in [0.29, 0.717) is 52.4 Å². The summed E-state index contributed by atoms with van der Waals surface area (Å²) in [5.74, 6) is 5.67. The lowest BCUT2D eigenvalue weighted by Crippen LogP contribution is -2.00. The Balaban J connectivity index is 0.000000111. The van der Waals surface area contributed by atoms with Crippen LogP contribution in [0.2, 0.25) is 0 Å². The van der Waals surface area contributed by atoms with Gasteiger partial charge in [0.15, 0.2) is 52.4 Å². The van der Waals surface area contributed by atoms with Gasteiger partial charge in [-0.3, -0.25) is 4.98 Å². The van der Waals surface area contributed by atoms with E-state index in [4.69, 9.17) is 79.7 Å². The number of aromatic nitrogens is 17. The van der Waals surface area contributed by atoms with Crippen LogP contribution in [0, 0.1) is 0 Å². The third-order valence-electron chi connectivity index (χ3n) is 24.9. The normalized spacial score (nSPS) is 11.4. The van der Waals surface area contributed by atoms with E-state index in [0.717, 1.165) is 190 Å². The molecule has 0 fully saturated rings. The molecule has 0 radical (unpaired) electrons. The average Bonchev–Trinajstić information content (AvgIpc) is 1.58. The standard InChI is InChI=1S/C41H25N5S.2C40H24N6S/c1-3-9-26(10-4-1)27-15-19-30(20-16-27)39-44-38(29-11-5-2-6-12-29)45-40(46-39)31-21-17-28(18-22-31)32-23-24-33-36(25-32)47-41-37(33)42-34-13-7-8-14-35(34)43-41;1-3-9-25(10-4-1)26-15-19-29(20-16-26)38-44-37(28-11-5-2-6-12-28)45-39(46-38)30-21-17-27(18-22-30)34-36-35(42-24-41-34)32-23-31-13-7-8-14-33(31)43-40(32)47-36;1-3-9-25(10-4-1)26-15-19-29(20-16-26)38-44-37(28-11-5-2-6-12-28)45-39(46-38)30-21-17-27(18-22-30)31-23-24-41-34-35-40(47-36(31)34)43-33-14-8-7-13-32(33)42-35/h1-25H;2*1-24H. The number of rotatable bonds is 15. The summed E-state index contributed by atoms with van der Waals surface area (Å²) in [4.78, 5) is 85.7. The summed E-state index contributed by atoms with van der Waals surface area (Å²) < 4.78 is 3.26. The Kier molecular flexibility index (Phi) is 22.1. The third kappa shape index (κ3) is 17.0. The van der Waals surface area contributed by atoms with Crippen molar-refractivity contribution in [1.82, 2.24) is 84.7 Å². The SMILES string of the molecule is c1ccc(-c2ccc(-c3nc(-c4ccccc4)nc(-c4ccc(-c5ccc6c(c5)sc5nc7ccccc7nc56)cc4)n3)cc2)cc1.c1ccc(-c2ccc(-c3nc(-c4ccccc4)nc(-c4ccc(-c5ccnc6c5sc5nc7ccccc7nc56)cc4)n3)cc2)cc1.c1ccc(-c2ccc(-c3nc(-c4ccccc4)nc(-c4ccc(-c5ncnc6c5sc5nc7ccccc7cc56)cc4)n3)cc2)cc1. The Labute approximate surface area is 819 Å². The maximum atomic E-state index is 4.96.